The third-order valence-electron chi connectivity index (χ3n) is 6.58. The summed E-state index contributed by atoms with van der Waals surface area (Å²) in [5.74, 6) is -0.116. The Kier molecular flexibility index (Phi) is 10.6. The number of rotatable bonds is 12. The molecule has 0 aliphatic rings. The molecule has 0 fully saturated rings. The van der Waals surface area contributed by atoms with E-state index in [2.05, 4.69) is 5.32 Å². The molecular formula is C32H41N3O6S. The fourth-order valence-electron chi connectivity index (χ4n) is 4.61. The van der Waals surface area contributed by atoms with Crippen molar-refractivity contribution in [2.45, 2.75) is 64.1 Å². The monoisotopic (exact) mass is 595 g/mol. The molecule has 2 amide bonds. The Bertz CT molecular complexity index is 1490. The Labute approximate surface area is 249 Å². The predicted molar refractivity (Wildman–Crippen MR) is 164 cm³/mol. The maximum absolute atomic E-state index is 14.2. The lowest BCUT2D eigenvalue weighted by Gasteiger charge is -2.35. The molecule has 0 aliphatic heterocycles. The van der Waals surface area contributed by atoms with Crippen LogP contribution < -0.4 is 19.1 Å². The number of benzene rings is 3. The smallest absolute Gasteiger partial charge is 0.264 e. The number of nitrogens with zero attached hydrogens (tertiary/aromatic N) is 2. The van der Waals surface area contributed by atoms with E-state index >= 15 is 0 Å². The Morgan fingerprint density at radius 3 is 2.14 bits per heavy atom. The van der Waals surface area contributed by atoms with E-state index in [1.54, 1.807) is 30.3 Å². The number of ether oxygens (including phenoxy) is 2. The van der Waals surface area contributed by atoms with Crippen LogP contribution in [-0.4, -0.2) is 57.5 Å². The van der Waals surface area contributed by atoms with E-state index in [-0.39, 0.29) is 23.0 Å². The molecular weight excluding hydrogens is 554 g/mol. The maximum atomic E-state index is 14.2. The van der Waals surface area contributed by atoms with Crippen molar-refractivity contribution in [3.8, 4) is 11.5 Å². The SMILES string of the molecule is CC[C@@H](C(=O)NC(C)(C)C)N(Cc1cccc(C)c1)C(=O)CN(c1ccc(OC)c(OC)c1)S(=O)(=O)c1ccccc1. The molecule has 0 radical (unpaired) electrons. The lowest BCUT2D eigenvalue weighted by molar-refractivity contribution is -0.141. The molecule has 0 heterocycles. The molecule has 9 nitrogen and oxygen atoms in total. The normalized spacial score (nSPS) is 12.3. The summed E-state index contributed by atoms with van der Waals surface area (Å²) in [4.78, 5) is 29.2. The Hall–Kier alpha value is -4.05. The summed E-state index contributed by atoms with van der Waals surface area (Å²) in [6, 6.07) is 19.4. The largest absolute Gasteiger partial charge is 0.493 e. The van der Waals surface area contributed by atoms with Crippen molar-refractivity contribution in [3.05, 3.63) is 83.9 Å². The van der Waals surface area contributed by atoms with E-state index in [9.17, 15) is 18.0 Å². The average Bonchev–Trinajstić information content (AvgIpc) is 2.94. The van der Waals surface area contributed by atoms with Gasteiger partial charge >= 0.3 is 0 Å². The van der Waals surface area contributed by atoms with E-state index < -0.39 is 34.1 Å². The lowest BCUT2D eigenvalue weighted by atomic mass is 10.0. The first kappa shape index (κ1) is 32.5. The Morgan fingerprint density at radius 1 is 0.905 bits per heavy atom. The molecule has 1 N–H and O–H groups in total. The minimum absolute atomic E-state index is 0.0235. The summed E-state index contributed by atoms with van der Waals surface area (Å²) in [6.45, 7) is 8.97. The van der Waals surface area contributed by atoms with Crippen molar-refractivity contribution >= 4 is 27.5 Å². The van der Waals surface area contributed by atoms with E-state index in [4.69, 9.17) is 9.47 Å². The third kappa shape index (κ3) is 8.03. The molecule has 0 saturated carbocycles. The number of aryl methyl sites for hydroxylation is 1. The van der Waals surface area contributed by atoms with Gasteiger partial charge in [0.2, 0.25) is 11.8 Å². The highest BCUT2D eigenvalue weighted by molar-refractivity contribution is 7.92. The first-order valence-electron chi connectivity index (χ1n) is 13.8. The second-order valence-electron chi connectivity index (χ2n) is 11.0. The van der Waals surface area contributed by atoms with Gasteiger partial charge < -0.3 is 19.7 Å². The number of anilines is 1. The summed E-state index contributed by atoms with van der Waals surface area (Å²) >= 11 is 0. The highest BCUT2D eigenvalue weighted by Crippen LogP contribution is 2.34. The molecule has 3 rings (SSSR count). The van der Waals surface area contributed by atoms with E-state index in [1.807, 2.05) is 58.9 Å². The molecule has 0 bridgehead atoms. The van der Waals surface area contributed by atoms with Gasteiger partial charge in [-0.2, -0.15) is 0 Å². The van der Waals surface area contributed by atoms with Crippen LogP contribution in [0.15, 0.2) is 77.7 Å². The van der Waals surface area contributed by atoms with Crippen LogP contribution in [-0.2, 0) is 26.2 Å². The molecule has 3 aromatic rings. The van der Waals surface area contributed by atoms with Gasteiger partial charge in [0.25, 0.3) is 10.0 Å². The van der Waals surface area contributed by atoms with Gasteiger partial charge in [0.1, 0.15) is 12.6 Å². The second-order valence-corrected chi connectivity index (χ2v) is 12.9. The van der Waals surface area contributed by atoms with Gasteiger partial charge in [0.15, 0.2) is 11.5 Å². The number of amides is 2. The zero-order valence-electron chi connectivity index (χ0n) is 25.4. The number of hydrogen-bond donors (Lipinski definition) is 1. The topological polar surface area (TPSA) is 105 Å². The fourth-order valence-corrected chi connectivity index (χ4v) is 6.04. The standard InChI is InChI=1S/C32H41N3O6S/c1-8-27(31(37)33-32(3,4)5)34(21-24-14-12-13-23(2)19-24)30(36)22-35(42(38,39)26-15-10-9-11-16-26)25-17-18-28(40-6)29(20-25)41-7/h9-20,27H,8,21-22H2,1-7H3,(H,33,37)/t27-/m0/s1. The van der Waals surface area contributed by atoms with Crippen LogP contribution in [0.25, 0.3) is 0 Å². The molecule has 226 valence electrons. The molecule has 0 saturated heterocycles. The molecule has 10 heteroatoms. The number of sulfonamides is 1. The van der Waals surface area contributed by atoms with Gasteiger partial charge in [-0.15, -0.1) is 0 Å². The summed E-state index contributed by atoms with van der Waals surface area (Å²) in [5.41, 5.74) is 1.53. The van der Waals surface area contributed by atoms with E-state index in [1.165, 1.54) is 37.3 Å². The summed E-state index contributed by atoms with van der Waals surface area (Å²) in [7, 11) is -1.27. The predicted octanol–water partition coefficient (Wildman–Crippen LogP) is 4.93. The van der Waals surface area contributed by atoms with Crippen molar-refractivity contribution in [1.29, 1.82) is 0 Å². The van der Waals surface area contributed by atoms with Crippen molar-refractivity contribution in [1.82, 2.24) is 10.2 Å². The van der Waals surface area contributed by atoms with E-state index in [0.717, 1.165) is 15.4 Å². The first-order chi connectivity index (χ1) is 19.8. The summed E-state index contributed by atoms with van der Waals surface area (Å²) in [6.07, 6.45) is 0.335. The van der Waals surface area contributed by atoms with Crippen LogP contribution in [0, 0.1) is 6.92 Å². The summed E-state index contributed by atoms with van der Waals surface area (Å²) in [5, 5.41) is 2.98. The van der Waals surface area contributed by atoms with E-state index in [0.29, 0.717) is 17.9 Å². The van der Waals surface area contributed by atoms with Gasteiger partial charge in [-0.05, 0) is 63.9 Å². The second kappa shape index (κ2) is 13.7. The minimum atomic E-state index is -4.20. The number of carbonyl (C=O) groups excluding carboxylic acids is 2. The van der Waals surface area contributed by atoms with Crippen molar-refractivity contribution in [2.75, 3.05) is 25.1 Å². The maximum Gasteiger partial charge on any atom is 0.264 e. The molecule has 3 aromatic carbocycles. The fraction of sp³-hybridized carbons (Fsp3) is 0.375. The van der Waals surface area contributed by atoms with Crippen LogP contribution in [0.2, 0.25) is 0 Å². The Morgan fingerprint density at radius 2 is 1.57 bits per heavy atom. The van der Waals surface area contributed by atoms with Gasteiger partial charge in [0, 0.05) is 18.2 Å². The molecule has 0 unspecified atom stereocenters. The molecule has 1 atom stereocenters. The van der Waals surface area contributed by atoms with Gasteiger partial charge in [-0.3, -0.25) is 13.9 Å². The van der Waals surface area contributed by atoms with Crippen LogP contribution in [0.4, 0.5) is 5.69 Å². The van der Waals surface area contributed by atoms with Crippen molar-refractivity contribution in [3.63, 3.8) is 0 Å². The summed E-state index contributed by atoms with van der Waals surface area (Å²) < 4.78 is 39.8. The zero-order chi connectivity index (χ0) is 31.1. The highest BCUT2D eigenvalue weighted by atomic mass is 32.2. The van der Waals surface area contributed by atoms with Crippen LogP contribution in [0.1, 0.15) is 45.2 Å². The minimum Gasteiger partial charge on any atom is -0.493 e. The highest BCUT2D eigenvalue weighted by Gasteiger charge is 2.35. The van der Waals surface area contributed by atoms with Gasteiger partial charge in [-0.25, -0.2) is 8.42 Å². The molecule has 0 aromatic heterocycles. The van der Waals surface area contributed by atoms with Gasteiger partial charge in [0.05, 0.1) is 24.8 Å². The Balaban J connectivity index is 2.12. The zero-order valence-corrected chi connectivity index (χ0v) is 26.2. The average molecular weight is 596 g/mol. The number of hydrogen-bond acceptors (Lipinski definition) is 6. The number of carbonyl (C=O) groups is 2. The van der Waals surface area contributed by atoms with Crippen molar-refractivity contribution in [2.24, 2.45) is 0 Å². The number of methoxy groups -OCH3 is 2. The van der Waals surface area contributed by atoms with Crippen molar-refractivity contribution < 1.29 is 27.5 Å². The third-order valence-corrected chi connectivity index (χ3v) is 8.37. The molecule has 0 aliphatic carbocycles. The van der Waals surface area contributed by atoms with Crippen LogP contribution in [0.3, 0.4) is 0 Å². The lowest BCUT2D eigenvalue weighted by Crippen LogP contribution is -2.55. The van der Waals surface area contributed by atoms with Gasteiger partial charge in [-0.1, -0.05) is 55.0 Å². The number of nitrogens with one attached hydrogen (secondary N) is 1. The molecule has 42 heavy (non-hydrogen) atoms. The molecule has 0 spiro atoms. The first-order valence-corrected chi connectivity index (χ1v) is 15.2. The van der Waals surface area contributed by atoms with Crippen LogP contribution in [0.5, 0.6) is 11.5 Å². The quantitative estimate of drug-likeness (QED) is 0.318. The van der Waals surface area contributed by atoms with Crippen LogP contribution >= 0.6 is 0 Å².